The first-order valence-corrected chi connectivity index (χ1v) is 4.57. The molecule has 0 atom stereocenters. The second-order valence-corrected chi connectivity index (χ2v) is 3.14. The van der Waals surface area contributed by atoms with E-state index in [9.17, 15) is 0 Å². The number of halogens is 2. The van der Waals surface area contributed by atoms with Crippen LogP contribution in [0.4, 0.5) is 23.1 Å². The van der Waals surface area contributed by atoms with E-state index < -0.39 is 0 Å². The van der Waals surface area contributed by atoms with Crippen LogP contribution in [0.3, 0.4) is 0 Å². The topological polar surface area (TPSA) is 92.3 Å². The van der Waals surface area contributed by atoms with Crippen LogP contribution in [0.5, 0.6) is 0 Å². The summed E-state index contributed by atoms with van der Waals surface area (Å²) in [6.07, 6.45) is 1.84. The standard InChI is InChI=1S/C10H11N5.2ClH/c11-7-4-5-9(15-10(7)12)14-8-3-1-2-6-13-8;;/h1-6H,11H2,(H3,12,13,14,15);2*1H. The van der Waals surface area contributed by atoms with Crippen molar-refractivity contribution >= 4 is 23.1 Å². The van der Waals surface area contributed by atoms with E-state index in [-0.39, 0.29) is 24.8 Å². The summed E-state index contributed by atoms with van der Waals surface area (Å²) in [5.74, 6) is 2.11. The van der Waals surface area contributed by atoms with Gasteiger partial charge in [0.15, 0.2) is 0 Å². The maximum absolute atomic E-state index is 5.64. The number of H-pyrrole nitrogens is 2. The van der Waals surface area contributed by atoms with Crippen LogP contribution in [-0.4, -0.2) is 0 Å². The Morgan fingerprint density at radius 2 is 1.71 bits per heavy atom. The van der Waals surface area contributed by atoms with Gasteiger partial charge in [-0.25, -0.2) is 10.3 Å². The van der Waals surface area contributed by atoms with Gasteiger partial charge in [0.25, 0.3) is 5.82 Å². The fourth-order valence-corrected chi connectivity index (χ4v) is 1.21. The summed E-state index contributed by atoms with van der Waals surface area (Å²) in [4.78, 5) is 5.99. The molecule has 2 aromatic heterocycles. The Kier molecular flexibility index (Phi) is 6.09. The Balaban J connectivity index is 0.00000128. The molecule has 5 nitrogen and oxygen atoms in total. The van der Waals surface area contributed by atoms with E-state index in [0.717, 1.165) is 11.6 Å². The largest absolute Gasteiger partial charge is 1.00 e. The van der Waals surface area contributed by atoms with Crippen molar-refractivity contribution in [2.24, 2.45) is 0 Å². The van der Waals surface area contributed by atoms with Gasteiger partial charge in [0, 0.05) is 12.1 Å². The molecule has 2 aromatic rings. The molecule has 17 heavy (non-hydrogen) atoms. The minimum atomic E-state index is 0. The summed E-state index contributed by atoms with van der Waals surface area (Å²) in [5.41, 5.74) is 11.8. The second kappa shape index (κ2) is 6.78. The minimum Gasteiger partial charge on any atom is -1.00 e. The summed E-state index contributed by atoms with van der Waals surface area (Å²) in [5, 5.41) is 3.13. The quantitative estimate of drug-likeness (QED) is 0.509. The molecule has 0 fully saturated rings. The fraction of sp³-hybridized carbons (Fsp3) is 0. The smallest absolute Gasteiger partial charge is 0.251 e. The molecular weight excluding hydrogens is 261 g/mol. The highest BCUT2D eigenvalue weighted by Gasteiger charge is 2.05. The number of hydrogen-bond acceptors (Lipinski definition) is 3. The first-order valence-electron chi connectivity index (χ1n) is 4.57. The van der Waals surface area contributed by atoms with Gasteiger partial charge in [-0.3, -0.25) is 4.98 Å². The van der Waals surface area contributed by atoms with E-state index in [1.165, 1.54) is 0 Å². The molecule has 7 heteroatoms. The van der Waals surface area contributed by atoms with Crippen molar-refractivity contribution in [1.29, 1.82) is 0 Å². The highest BCUT2D eigenvalue weighted by atomic mass is 35.5. The SMILES string of the molecule is Nc1ccc(Nc2cccc[nH+]2)[nH+]c1N.[Cl-].[Cl-]. The highest BCUT2D eigenvalue weighted by Crippen LogP contribution is 2.11. The average molecular weight is 274 g/mol. The van der Waals surface area contributed by atoms with Crippen LogP contribution in [0.2, 0.25) is 0 Å². The summed E-state index contributed by atoms with van der Waals surface area (Å²) in [7, 11) is 0. The fourth-order valence-electron chi connectivity index (χ4n) is 1.21. The van der Waals surface area contributed by atoms with Gasteiger partial charge in [0.05, 0.1) is 6.20 Å². The molecular formula is C10H13Cl2N5. The Morgan fingerprint density at radius 3 is 2.29 bits per heavy atom. The lowest BCUT2D eigenvalue weighted by Gasteiger charge is -2.00. The highest BCUT2D eigenvalue weighted by molar-refractivity contribution is 5.57. The van der Waals surface area contributed by atoms with E-state index in [1.807, 2.05) is 30.5 Å². The number of anilines is 4. The lowest BCUT2D eigenvalue weighted by atomic mass is 10.4. The van der Waals surface area contributed by atoms with Gasteiger partial charge in [-0.2, -0.15) is 0 Å². The zero-order chi connectivity index (χ0) is 10.7. The van der Waals surface area contributed by atoms with Crippen molar-refractivity contribution in [2.75, 3.05) is 16.8 Å². The minimum absolute atomic E-state index is 0. The van der Waals surface area contributed by atoms with Crippen molar-refractivity contribution in [3.05, 3.63) is 36.5 Å². The molecule has 2 heterocycles. The first kappa shape index (κ1) is 15.3. The van der Waals surface area contributed by atoms with Crippen LogP contribution in [0.1, 0.15) is 0 Å². The van der Waals surface area contributed by atoms with Crippen LogP contribution >= 0.6 is 0 Å². The molecule has 2 rings (SSSR count). The van der Waals surface area contributed by atoms with Gasteiger partial charge < -0.3 is 36.3 Å². The predicted molar refractivity (Wildman–Crippen MR) is 58.1 cm³/mol. The Morgan fingerprint density at radius 1 is 0.941 bits per heavy atom. The van der Waals surface area contributed by atoms with Crippen LogP contribution in [0.25, 0.3) is 0 Å². The molecule has 0 aliphatic heterocycles. The maximum Gasteiger partial charge on any atom is 0.251 e. The van der Waals surface area contributed by atoms with E-state index in [0.29, 0.717) is 11.5 Å². The first-order chi connectivity index (χ1) is 7.25. The molecule has 92 valence electrons. The number of aromatic nitrogens is 2. The number of hydrogen-bond donors (Lipinski definition) is 3. The maximum atomic E-state index is 5.64. The van der Waals surface area contributed by atoms with E-state index in [2.05, 4.69) is 15.3 Å². The van der Waals surface area contributed by atoms with Crippen molar-refractivity contribution in [2.45, 2.75) is 0 Å². The summed E-state index contributed by atoms with van der Waals surface area (Å²) in [6, 6.07) is 9.33. The molecule has 0 saturated heterocycles. The lowest BCUT2D eigenvalue weighted by molar-refractivity contribution is -0.365. The molecule has 7 N–H and O–H groups in total. The monoisotopic (exact) mass is 273 g/mol. The van der Waals surface area contributed by atoms with Crippen LogP contribution < -0.4 is 51.6 Å². The van der Waals surface area contributed by atoms with E-state index >= 15 is 0 Å². The van der Waals surface area contributed by atoms with Gasteiger partial charge >= 0.3 is 0 Å². The Bertz CT molecular complexity index is 464. The van der Waals surface area contributed by atoms with Crippen molar-refractivity contribution in [3.63, 3.8) is 0 Å². The van der Waals surface area contributed by atoms with Gasteiger partial charge in [0.2, 0.25) is 11.6 Å². The van der Waals surface area contributed by atoms with Crippen molar-refractivity contribution in [3.8, 4) is 0 Å². The number of pyridine rings is 2. The molecule has 0 unspecified atom stereocenters. The van der Waals surface area contributed by atoms with Gasteiger partial charge in [0.1, 0.15) is 5.69 Å². The number of rotatable bonds is 2. The zero-order valence-corrected chi connectivity index (χ0v) is 10.4. The Hall–Kier alpha value is -1.72. The van der Waals surface area contributed by atoms with Crippen LogP contribution in [-0.2, 0) is 0 Å². The van der Waals surface area contributed by atoms with E-state index in [4.69, 9.17) is 11.5 Å². The molecule has 0 aliphatic rings. The molecule has 0 aliphatic carbocycles. The molecule has 0 radical (unpaired) electrons. The lowest BCUT2D eigenvalue weighted by Crippen LogP contribution is -3.00. The normalized spacial score (nSPS) is 8.71. The number of aromatic amines is 2. The predicted octanol–water partition coefficient (Wildman–Crippen LogP) is -5.77. The molecule has 0 amide bonds. The zero-order valence-electron chi connectivity index (χ0n) is 8.87. The van der Waals surface area contributed by atoms with Gasteiger partial charge in [-0.05, 0) is 12.1 Å². The van der Waals surface area contributed by atoms with Gasteiger partial charge in [-0.15, -0.1) is 0 Å². The summed E-state index contributed by atoms with van der Waals surface area (Å²) in [6.45, 7) is 0. The third-order valence-corrected chi connectivity index (χ3v) is 1.99. The molecule has 0 aromatic carbocycles. The van der Waals surface area contributed by atoms with E-state index in [1.54, 1.807) is 6.07 Å². The molecule has 0 bridgehead atoms. The number of nitrogens with two attached hydrogens (primary N) is 2. The van der Waals surface area contributed by atoms with Gasteiger partial charge in [-0.1, -0.05) is 6.07 Å². The summed E-state index contributed by atoms with van der Waals surface area (Å²) >= 11 is 0. The second-order valence-electron chi connectivity index (χ2n) is 3.14. The molecule has 0 spiro atoms. The summed E-state index contributed by atoms with van der Waals surface area (Å²) < 4.78 is 0. The third kappa shape index (κ3) is 3.97. The van der Waals surface area contributed by atoms with Crippen molar-refractivity contribution in [1.82, 2.24) is 0 Å². The van der Waals surface area contributed by atoms with Crippen LogP contribution in [0.15, 0.2) is 36.5 Å². The Labute approximate surface area is 111 Å². The third-order valence-electron chi connectivity index (χ3n) is 1.99. The van der Waals surface area contributed by atoms with Crippen LogP contribution in [0, 0.1) is 0 Å². The number of nitrogen functional groups attached to an aromatic ring is 2. The van der Waals surface area contributed by atoms with Crippen molar-refractivity contribution < 1.29 is 34.8 Å². The number of nitrogens with one attached hydrogen (secondary N) is 3. The average Bonchev–Trinajstić information content (AvgIpc) is 2.25. The molecule has 0 saturated carbocycles.